The van der Waals surface area contributed by atoms with E-state index in [1.54, 1.807) is 25.2 Å². The summed E-state index contributed by atoms with van der Waals surface area (Å²) in [6, 6.07) is 13.3. The van der Waals surface area contributed by atoms with E-state index in [2.05, 4.69) is 32.5 Å². The van der Waals surface area contributed by atoms with Gasteiger partial charge in [0.2, 0.25) is 5.91 Å². The lowest BCUT2D eigenvalue weighted by Gasteiger charge is -2.29. The van der Waals surface area contributed by atoms with E-state index < -0.39 is 6.61 Å². The van der Waals surface area contributed by atoms with Crippen LogP contribution < -0.4 is 15.4 Å². The largest absolute Gasteiger partial charge is 0.434 e. The summed E-state index contributed by atoms with van der Waals surface area (Å²) in [4.78, 5) is 18.6. The summed E-state index contributed by atoms with van der Waals surface area (Å²) >= 11 is 0. The van der Waals surface area contributed by atoms with E-state index in [1.165, 1.54) is 11.1 Å². The number of benzene rings is 2. The fourth-order valence-electron chi connectivity index (χ4n) is 3.77. The average Bonchev–Trinajstić information content (AvgIpc) is 2.79. The molecular weight excluding hydrogens is 414 g/mol. The van der Waals surface area contributed by atoms with Gasteiger partial charge in [-0.15, -0.1) is 0 Å². The molecule has 8 heteroatoms. The second kappa shape index (κ2) is 11.5. The molecule has 0 aliphatic carbocycles. The van der Waals surface area contributed by atoms with Crippen molar-refractivity contribution in [3.63, 3.8) is 0 Å². The minimum atomic E-state index is -2.88. The Labute approximate surface area is 187 Å². The van der Waals surface area contributed by atoms with E-state index in [0.717, 1.165) is 18.5 Å². The van der Waals surface area contributed by atoms with Crippen LogP contribution in [0, 0.1) is 6.92 Å². The van der Waals surface area contributed by atoms with Gasteiger partial charge in [-0.2, -0.15) is 8.78 Å². The number of nitrogens with one attached hydrogen (secondary N) is 2. The highest BCUT2D eigenvalue weighted by Crippen LogP contribution is 2.22. The molecule has 0 bridgehead atoms. The zero-order valence-electron chi connectivity index (χ0n) is 18.5. The molecule has 172 valence electrons. The van der Waals surface area contributed by atoms with Crippen molar-refractivity contribution in [2.24, 2.45) is 4.99 Å². The highest BCUT2D eigenvalue weighted by molar-refractivity contribution is 5.80. The summed E-state index contributed by atoms with van der Waals surface area (Å²) in [5.74, 6) is 0.828. The molecule has 6 nitrogen and oxygen atoms in total. The number of aryl methyl sites for hydroxylation is 1. The van der Waals surface area contributed by atoms with Crippen LogP contribution in [0.1, 0.15) is 35.1 Å². The Balaban J connectivity index is 1.42. The topological polar surface area (TPSA) is 66.0 Å². The monoisotopic (exact) mass is 444 g/mol. The second-order valence-electron chi connectivity index (χ2n) is 7.78. The van der Waals surface area contributed by atoms with Crippen LogP contribution in [0.15, 0.2) is 47.5 Å². The van der Waals surface area contributed by atoms with Gasteiger partial charge < -0.3 is 20.3 Å². The van der Waals surface area contributed by atoms with E-state index in [1.807, 2.05) is 24.0 Å². The predicted molar refractivity (Wildman–Crippen MR) is 121 cm³/mol. The maximum absolute atomic E-state index is 12.6. The number of amides is 1. The number of alkyl halides is 2. The van der Waals surface area contributed by atoms with Gasteiger partial charge in [-0.3, -0.25) is 9.79 Å². The molecule has 32 heavy (non-hydrogen) atoms. The normalized spacial score (nSPS) is 13.7. The standard InChI is InChI=1S/C24H30F2N4O2/c1-17-9-10-21(32-23(25)26)20(14-17)15-29-24(27-2)28-12-5-8-22(31)30-13-11-18-6-3-4-7-19(18)16-30/h3-4,6-7,9-10,14,23H,5,8,11-13,15-16H2,1-2H3,(H2,27,28,29). The van der Waals surface area contributed by atoms with E-state index in [0.29, 0.717) is 37.5 Å². The predicted octanol–water partition coefficient (Wildman–Crippen LogP) is 3.63. The first kappa shape index (κ1) is 23.5. The van der Waals surface area contributed by atoms with Crippen LogP contribution in [0.5, 0.6) is 5.75 Å². The van der Waals surface area contributed by atoms with Gasteiger partial charge in [0.15, 0.2) is 5.96 Å². The molecule has 2 aromatic rings. The van der Waals surface area contributed by atoms with Crippen LogP contribution in [-0.2, 0) is 24.3 Å². The molecule has 0 spiro atoms. The van der Waals surface area contributed by atoms with Crippen LogP contribution in [0.25, 0.3) is 0 Å². The van der Waals surface area contributed by atoms with Gasteiger partial charge in [0.25, 0.3) is 0 Å². The fourth-order valence-corrected chi connectivity index (χ4v) is 3.77. The van der Waals surface area contributed by atoms with E-state index in [4.69, 9.17) is 0 Å². The van der Waals surface area contributed by atoms with Gasteiger partial charge in [0, 0.05) is 45.2 Å². The lowest BCUT2D eigenvalue weighted by molar-refractivity contribution is -0.132. The van der Waals surface area contributed by atoms with Gasteiger partial charge in [-0.25, -0.2) is 0 Å². The molecule has 0 atom stereocenters. The van der Waals surface area contributed by atoms with Crippen molar-refractivity contribution in [1.82, 2.24) is 15.5 Å². The minimum absolute atomic E-state index is 0.141. The first-order chi connectivity index (χ1) is 15.5. The number of carbonyl (C=O) groups excluding carboxylic acids is 1. The molecule has 0 aromatic heterocycles. The number of aliphatic imine (C=N–C) groups is 1. The van der Waals surface area contributed by atoms with Crippen molar-refractivity contribution in [1.29, 1.82) is 0 Å². The van der Waals surface area contributed by atoms with Crippen molar-refractivity contribution < 1.29 is 18.3 Å². The number of halogens is 2. The maximum atomic E-state index is 12.6. The van der Waals surface area contributed by atoms with Crippen molar-refractivity contribution >= 4 is 11.9 Å². The zero-order valence-corrected chi connectivity index (χ0v) is 18.5. The molecule has 1 heterocycles. The Morgan fingerprint density at radius 3 is 2.72 bits per heavy atom. The van der Waals surface area contributed by atoms with Gasteiger partial charge >= 0.3 is 6.61 Å². The first-order valence-electron chi connectivity index (χ1n) is 10.8. The number of hydrogen-bond donors (Lipinski definition) is 2. The number of hydrogen-bond acceptors (Lipinski definition) is 3. The quantitative estimate of drug-likeness (QED) is 0.371. The van der Waals surface area contributed by atoms with E-state index in [9.17, 15) is 13.6 Å². The summed E-state index contributed by atoms with van der Waals surface area (Å²) in [7, 11) is 1.64. The zero-order chi connectivity index (χ0) is 22.9. The number of nitrogens with zero attached hydrogens (tertiary/aromatic N) is 2. The number of ether oxygens (including phenoxy) is 1. The van der Waals surface area contributed by atoms with Crippen molar-refractivity contribution in [3.8, 4) is 5.75 Å². The Hall–Kier alpha value is -3.16. The molecule has 0 radical (unpaired) electrons. The average molecular weight is 445 g/mol. The SMILES string of the molecule is CN=C(NCCCC(=O)N1CCc2ccccc2C1)NCc1cc(C)ccc1OC(F)F. The summed E-state index contributed by atoms with van der Waals surface area (Å²) in [5, 5.41) is 6.28. The highest BCUT2D eigenvalue weighted by Gasteiger charge is 2.19. The van der Waals surface area contributed by atoms with E-state index >= 15 is 0 Å². The smallest absolute Gasteiger partial charge is 0.387 e. The van der Waals surface area contributed by atoms with Crippen LogP contribution >= 0.6 is 0 Å². The highest BCUT2D eigenvalue weighted by atomic mass is 19.3. The molecule has 3 rings (SSSR count). The molecule has 1 aliphatic rings. The van der Waals surface area contributed by atoms with Crippen LogP contribution in [-0.4, -0.2) is 43.5 Å². The Morgan fingerprint density at radius 2 is 1.97 bits per heavy atom. The van der Waals surface area contributed by atoms with Gasteiger partial charge in [0.1, 0.15) is 5.75 Å². The Bertz CT molecular complexity index is 949. The Kier molecular flexibility index (Phi) is 8.41. The van der Waals surface area contributed by atoms with E-state index in [-0.39, 0.29) is 18.2 Å². The first-order valence-corrected chi connectivity index (χ1v) is 10.8. The molecule has 0 unspecified atom stereocenters. The van der Waals surface area contributed by atoms with Gasteiger partial charge in [-0.1, -0.05) is 42.0 Å². The summed E-state index contributed by atoms with van der Waals surface area (Å²) in [6.07, 6.45) is 2.02. The van der Waals surface area contributed by atoms with Crippen LogP contribution in [0.2, 0.25) is 0 Å². The molecule has 1 amide bonds. The summed E-state index contributed by atoms with van der Waals surface area (Å²) < 4.78 is 29.9. The van der Waals surface area contributed by atoms with Crippen molar-refractivity contribution in [2.75, 3.05) is 20.1 Å². The lowest BCUT2D eigenvalue weighted by atomic mass is 9.99. The van der Waals surface area contributed by atoms with Crippen molar-refractivity contribution in [2.45, 2.75) is 45.9 Å². The number of carbonyl (C=O) groups is 1. The third-order valence-corrected chi connectivity index (χ3v) is 5.45. The molecule has 1 aliphatic heterocycles. The Morgan fingerprint density at radius 1 is 1.19 bits per heavy atom. The third-order valence-electron chi connectivity index (χ3n) is 5.45. The second-order valence-corrected chi connectivity index (χ2v) is 7.78. The third kappa shape index (κ3) is 6.67. The van der Waals surface area contributed by atoms with Gasteiger partial charge in [0.05, 0.1) is 0 Å². The maximum Gasteiger partial charge on any atom is 0.387 e. The fraction of sp³-hybridized carbons (Fsp3) is 0.417. The number of rotatable bonds is 8. The minimum Gasteiger partial charge on any atom is -0.434 e. The lowest BCUT2D eigenvalue weighted by Crippen LogP contribution is -2.38. The molecule has 0 saturated heterocycles. The molecule has 2 aromatic carbocycles. The molecular formula is C24H30F2N4O2. The van der Waals surface area contributed by atoms with Crippen molar-refractivity contribution in [3.05, 3.63) is 64.7 Å². The molecule has 2 N–H and O–H groups in total. The van der Waals surface area contributed by atoms with Gasteiger partial charge in [-0.05, 0) is 37.0 Å². The molecule has 0 saturated carbocycles. The molecule has 0 fully saturated rings. The van der Waals surface area contributed by atoms with Crippen LogP contribution in [0.3, 0.4) is 0 Å². The summed E-state index contributed by atoms with van der Waals surface area (Å²) in [6.45, 7) is 1.30. The summed E-state index contributed by atoms with van der Waals surface area (Å²) in [5.41, 5.74) is 4.11. The number of fused-ring (bicyclic) bond motifs is 1. The van der Waals surface area contributed by atoms with Crippen LogP contribution in [0.4, 0.5) is 8.78 Å². The number of guanidine groups is 1.